The van der Waals surface area contributed by atoms with Crippen LogP contribution in [0.3, 0.4) is 0 Å². The van der Waals surface area contributed by atoms with Crippen LogP contribution in [-0.2, 0) is 71.1 Å². The highest BCUT2D eigenvalue weighted by molar-refractivity contribution is 5.80. The molecule has 0 aromatic carbocycles. The molecule has 0 bridgehead atoms. The van der Waals surface area contributed by atoms with Crippen molar-refractivity contribution in [3.63, 3.8) is 0 Å². The number of hydrogen-bond acceptors (Lipinski definition) is 36. The van der Waals surface area contributed by atoms with Gasteiger partial charge in [-0.3, -0.25) is 4.79 Å². The molecular weight excluding hydrogens is 1420 g/mol. The highest BCUT2D eigenvalue weighted by atomic mass is 16.8. The fourth-order valence-electron chi connectivity index (χ4n) is 20.5. The SMILES string of the molecule is CC1OC(OC2C(OC3C(O)COC(OC4C(C)OC(OC5C(OC(=O)C67CCC(C)(C)CC6C6=CCC8C9(C)CC(O)C(OC%10OC(CO)C(O)C(OC%11OC(CO)C(O)C(O)C%11O)C%10O)C(C)(CO)C9CCC8(C)C6(C)CC7O)OCC(O)C5O)C(O)C4O)C3O)OC(C)C(O)C2O)C(O)C(O)C1O. The second-order valence-electron chi connectivity index (χ2n) is 33.9. The lowest BCUT2D eigenvalue weighted by molar-refractivity contribution is -0.389. The van der Waals surface area contributed by atoms with Crippen molar-refractivity contribution >= 4 is 5.97 Å². The molecule has 0 radical (unpaired) electrons. The van der Waals surface area contributed by atoms with Crippen LogP contribution >= 0.6 is 0 Å². The molecule has 36 nitrogen and oxygen atoms in total. The summed E-state index contributed by atoms with van der Waals surface area (Å²) in [5.41, 5.74) is -4.65. The number of ether oxygens (including phenoxy) is 14. The van der Waals surface area contributed by atoms with E-state index in [1.54, 1.807) is 6.92 Å². The number of aliphatic hydroxyl groups is 21. The van der Waals surface area contributed by atoms with Gasteiger partial charge in [0.15, 0.2) is 43.8 Å². The zero-order chi connectivity index (χ0) is 77.5. The van der Waals surface area contributed by atoms with Gasteiger partial charge in [0.25, 0.3) is 0 Å². The van der Waals surface area contributed by atoms with Crippen LogP contribution in [0.2, 0.25) is 0 Å². The van der Waals surface area contributed by atoms with Gasteiger partial charge in [0.2, 0.25) is 6.29 Å². The van der Waals surface area contributed by atoms with E-state index < -0.39 is 299 Å². The third kappa shape index (κ3) is 14.1. The van der Waals surface area contributed by atoms with Gasteiger partial charge in [-0.15, -0.1) is 0 Å². The molecular formula is C70H114O36. The Morgan fingerprint density at radius 3 is 1.58 bits per heavy atom. The molecule has 12 rings (SSSR count). The highest BCUT2D eigenvalue weighted by Gasteiger charge is 2.74. The summed E-state index contributed by atoms with van der Waals surface area (Å²) < 4.78 is 83.2. The Bertz CT molecular complexity index is 3030. The minimum Gasteiger partial charge on any atom is -0.432 e. The summed E-state index contributed by atoms with van der Waals surface area (Å²) in [4.78, 5) is 15.7. The topological polar surface area (TPSA) is 571 Å². The summed E-state index contributed by atoms with van der Waals surface area (Å²) >= 11 is 0. The van der Waals surface area contributed by atoms with E-state index in [2.05, 4.69) is 40.7 Å². The lowest BCUT2D eigenvalue weighted by atomic mass is 9.33. The molecule has 44 unspecified atom stereocenters. The van der Waals surface area contributed by atoms with Crippen molar-refractivity contribution in [3.8, 4) is 0 Å². The van der Waals surface area contributed by atoms with E-state index >= 15 is 4.79 Å². The van der Waals surface area contributed by atoms with Crippen LogP contribution in [0.15, 0.2) is 11.6 Å². The smallest absolute Gasteiger partial charge is 0.317 e. The predicted molar refractivity (Wildman–Crippen MR) is 349 cm³/mol. The normalized spacial score (nSPS) is 56.2. The molecule has 0 aromatic heterocycles. The van der Waals surface area contributed by atoms with Crippen LogP contribution in [0.25, 0.3) is 0 Å². The fourth-order valence-corrected chi connectivity index (χ4v) is 20.5. The van der Waals surface area contributed by atoms with Crippen molar-refractivity contribution in [1.29, 1.82) is 0 Å². The van der Waals surface area contributed by atoms with Gasteiger partial charge in [0, 0.05) is 5.41 Å². The van der Waals surface area contributed by atoms with Crippen LogP contribution < -0.4 is 0 Å². The molecule has 5 aliphatic carbocycles. The third-order valence-corrected chi connectivity index (χ3v) is 27.0. The summed E-state index contributed by atoms with van der Waals surface area (Å²) in [5, 5.41) is 235. The van der Waals surface area contributed by atoms with Crippen LogP contribution in [0.1, 0.15) is 114 Å². The van der Waals surface area contributed by atoms with E-state index in [1.165, 1.54) is 20.8 Å². The molecule has 44 atom stereocenters. The number of carbonyl (C=O) groups excluding carboxylic acids is 1. The quantitative estimate of drug-likeness (QED) is 0.0365. The molecule has 36 heteroatoms. The Morgan fingerprint density at radius 1 is 0.443 bits per heavy atom. The van der Waals surface area contributed by atoms with Crippen LogP contribution in [0.4, 0.5) is 0 Å². The summed E-state index contributed by atoms with van der Waals surface area (Å²) in [6.45, 7) is 13.1. The molecule has 610 valence electrons. The van der Waals surface area contributed by atoms with Crippen molar-refractivity contribution in [3.05, 3.63) is 11.6 Å². The molecule has 0 aromatic rings. The Hall–Kier alpha value is -2.15. The first kappa shape index (κ1) is 83.3. The Kier molecular flexibility index (Phi) is 24.5. The van der Waals surface area contributed by atoms with Gasteiger partial charge in [-0.2, -0.15) is 0 Å². The van der Waals surface area contributed by atoms with Crippen LogP contribution in [0.5, 0.6) is 0 Å². The average molecular weight is 1530 g/mol. The third-order valence-electron chi connectivity index (χ3n) is 27.0. The molecule has 7 saturated heterocycles. The highest BCUT2D eigenvalue weighted by Crippen LogP contribution is 2.76. The standard InChI is InChI=1S/C70H114O36/c1-24-37(78)42(83)46(87)58(95-24)104-55-44(85)38(79)25(2)96-63(55)101-52-31(76)22-93-57(49(52)90)100-51-26(3)97-59(48(89)45(51)86)103-54-39(80)30(75)21-94-62(54)106-64(92)70-15-14-65(4,5)16-28(70)27-10-11-35-66(6)17-29(74)56(67(7,23-73)34(66)12-13-68(35,8)69(27,9)18-36(70)77)105-61-50(91)53(41(82)33(20-72)99-61)102-60-47(88)43(84)40(81)32(19-71)98-60/h10,24-26,28-63,71-91H,11-23H2,1-9H3. The van der Waals surface area contributed by atoms with E-state index in [1.807, 2.05) is 0 Å². The van der Waals surface area contributed by atoms with Gasteiger partial charge in [0.05, 0.1) is 69.7 Å². The van der Waals surface area contributed by atoms with Crippen LogP contribution in [0, 0.1) is 50.2 Å². The van der Waals surface area contributed by atoms with Crippen molar-refractivity contribution < 1.29 is 178 Å². The predicted octanol–water partition coefficient (Wildman–Crippen LogP) is -7.29. The maximum atomic E-state index is 15.7. The van der Waals surface area contributed by atoms with E-state index in [0.717, 1.165) is 5.57 Å². The maximum Gasteiger partial charge on any atom is 0.317 e. The summed E-state index contributed by atoms with van der Waals surface area (Å²) in [7, 11) is 0. The molecule has 12 aliphatic rings. The first-order valence-corrected chi connectivity index (χ1v) is 37.1. The molecule has 0 amide bonds. The summed E-state index contributed by atoms with van der Waals surface area (Å²) in [6.07, 6.45) is -55.8. The van der Waals surface area contributed by atoms with Gasteiger partial charge < -0.3 is 174 Å². The van der Waals surface area contributed by atoms with E-state index in [0.29, 0.717) is 32.1 Å². The van der Waals surface area contributed by atoms with Crippen molar-refractivity contribution in [1.82, 2.24) is 0 Å². The Balaban J connectivity index is 0.732. The molecule has 7 aliphatic heterocycles. The summed E-state index contributed by atoms with van der Waals surface area (Å²) in [5.74, 6) is -2.20. The number of rotatable bonds is 17. The first-order valence-electron chi connectivity index (χ1n) is 37.1. The number of fused-ring (bicyclic) bond motifs is 7. The van der Waals surface area contributed by atoms with E-state index in [9.17, 15) is 107 Å². The Morgan fingerprint density at radius 2 is 0.943 bits per heavy atom. The second-order valence-corrected chi connectivity index (χ2v) is 33.9. The lowest BCUT2D eigenvalue weighted by Crippen LogP contribution is -2.71. The van der Waals surface area contributed by atoms with Gasteiger partial charge in [-0.05, 0) is 112 Å². The van der Waals surface area contributed by atoms with Gasteiger partial charge >= 0.3 is 5.97 Å². The molecule has 7 heterocycles. The number of allylic oxidation sites excluding steroid dienone is 2. The molecule has 4 saturated carbocycles. The van der Waals surface area contributed by atoms with Crippen molar-refractivity contribution in [2.24, 2.45) is 50.2 Å². The summed E-state index contributed by atoms with van der Waals surface area (Å²) in [6, 6.07) is 0. The van der Waals surface area contributed by atoms with Gasteiger partial charge in [0.1, 0.15) is 140 Å². The fraction of sp³-hybridized carbons (Fsp3) is 0.957. The molecule has 21 N–H and O–H groups in total. The first-order chi connectivity index (χ1) is 49.7. The second kappa shape index (κ2) is 31.2. The zero-order valence-corrected chi connectivity index (χ0v) is 60.8. The number of carbonyl (C=O) groups is 1. The van der Waals surface area contributed by atoms with E-state index in [-0.39, 0.29) is 30.6 Å². The zero-order valence-electron chi connectivity index (χ0n) is 60.8. The van der Waals surface area contributed by atoms with E-state index in [4.69, 9.17) is 66.3 Å². The minimum absolute atomic E-state index is 0.0517. The monoisotopic (exact) mass is 1530 g/mol. The van der Waals surface area contributed by atoms with Gasteiger partial charge in [-0.1, -0.05) is 53.2 Å². The molecule has 0 spiro atoms. The van der Waals surface area contributed by atoms with Gasteiger partial charge in [-0.25, -0.2) is 0 Å². The number of hydrogen-bond donors (Lipinski definition) is 21. The molecule has 11 fully saturated rings. The maximum absolute atomic E-state index is 15.7. The Labute approximate surface area is 612 Å². The van der Waals surface area contributed by atoms with Crippen LogP contribution in [-0.4, -0.2) is 367 Å². The largest absolute Gasteiger partial charge is 0.432 e. The average Bonchev–Trinajstić information content (AvgIpc) is 0.668. The van der Waals surface area contributed by atoms with Crippen molar-refractivity contribution in [2.45, 2.75) is 335 Å². The lowest BCUT2D eigenvalue weighted by Gasteiger charge is -2.72. The minimum atomic E-state index is -2.07. The van der Waals surface area contributed by atoms with Crippen molar-refractivity contribution in [2.75, 3.05) is 33.0 Å². The number of esters is 1. The molecule has 106 heavy (non-hydrogen) atoms. The number of aliphatic hydroxyl groups excluding tert-OH is 21.